The fraction of sp³-hybridized carbons (Fsp3) is 0.731. The molecular weight excluding hydrogens is 456 g/mol. The summed E-state index contributed by atoms with van der Waals surface area (Å²) in [6, 6.07) is 3.52. The normalized spacial score (nSPS) is 53.3. The van der Waals surface area contributed by atoms with E-state index in [2.05, 4.69) is 0 Å². The minimum absolute atomic E-state index is 0.0484. The van der Waals surface area contributed by atoms with Crippen LogP contribution in [0.3, 0.4) is 0 Å². The first-order valence-electron chi connectivity index (χ1n) is 12.4. The van der Waals surface area contributed by atoms with Crippen molar-refractivity contribution in [3.63, 3.8) is 0 Å². The molecule has 1 aromatic heterocycles. The third kappa shape index (κ3) is 2.14. The van der Waals surface area contributed by atoms with Gasteiger partial charge < -0.3 is 28.5 Å². The number of epoxide rings is 1. The Labute approximate surface area is 202 Å². The number of aliphatic hydroxyl groups is 1. The van der Waals surface area contributed by atoms with Gasteiger partial charge in [-0.05, 0) is 44.7 Å². The Hall–Kier alpha value is -2.23. The van der Waals surface area contributed by atoms with Crippen molar-refractivity contribution >= 4 is 17.7 Å². The number of cyclic esters (lactones) is 2. The minimum atomic E-state index is -1.38. The van der Waals surface area contributed by atoms with Gasteiger partial charge in [0, 0.05) is 16.2 Å². The monoisotopic (exact) mass is 486 g/mol. The Kier molecular flexibility index (Phi) is 3.88. The maximum absolute atomic E-state index is 14.1. The number of carbonyl (C=O) groups excluding carboxylic acids is 3. The number of hydrogen-bond donors (Lipinski definition) is 1. The highest BCUT2D eigenvalue weighted by molar-refractivity contribution is 5.92. The van der Waals surface area contributed by atoms with Gasteiger partial charge in [0.25, 0.3) is 0 Å². The quantitative estimate of drug-likeness (QED) is 0.469. The number of carbonyl (C=O) groups is 3. The zero-order chi connectivity index (χ0) is 24.8. The van der Waals surface area contributed by atoms with E-state index >= 15 is 0 Å². The fourth-order valence-electron chi connectivity index (χ4n) is 9.47. The zero-order valence-corrected chi connectivity index (χ0v) is 20.2. The first kappa shape index (κ1) is 22.0. The summed E-state index contributed by atoms with van der Waals surface area (Å²) in [5.74, 6) is -1.62. The average molecular weight is 487 g/mol. The molecule has 7 rings (SSSR count). The number of ketones is 1. The minimum Gasteiger partial charge on any atom is -0.465 e. The van der Waals surface area contributed by atoms with Crippen LogP contribution in [0.15, 0.2) is 22.8 Å². The van der Waals surface area contributed by atoms with Crippen molar-refractivity contribution in [1.29, 1.82) is 0 Å². The summed E-state index contributed by atoms with van der Waals surface area (Å²) in [4.78, 5) is 39.5. The van der Waals surface area contributed by atoms with E-state index in [-0.39, 0.29) is 30.7 Å². The van der Waals surface area contributed by atoms with E-state index < -0.39 is 63.8 Å². The standard InChI is InChI=1S/C26H30O9/c1-22(2)17-16(28)18(29)24(4)13(25(17)11-32-15(27)10-14(25)34-22)7-8-23(3)19(12-6-5-9-31-12)33-21(30)20-26(23,24)35-20/h5-6,9,13-14,17-20,29H,7-8,10-11H2,1-4H3/t13?,14-,17?,18-,19-,20+,23-,24-,25-,26+/m0/s1. The maximum Gasteiger partial charge on any atom is 0.339 e. The van der Waals surface area contributed by atoms with Gasteiger partial charge in [-0.25, -0.2) is 4.79 Å². The molecule has 1 N–H and O–H groups in total. The lowest BCUT2D eigenvalue weighted by atomic mass is 9.36. The van der Waals surface area contributed by atoms with Crippen LogP contribution in [0.2, 0.25) is 0 Å². The van der Waals surface area contributed by atoms with Crippen LogP contribution in [0.5, 0.6) is 0 Å². The fourth-order valence-corrected chi connectivity index (χ4v) is 9.47. The van der Waals surface area contributed by atoms with Crippen LogP contribution in [0.1, 0.15) is 58.8 Å². The van der Waals surface area contributed by atoms with E-state index in [4.69, 9.17) is 23.4 Å². The van der Waals surface area contributed by atoms with Crippen LogP contribution in [0, 0.1) is 28.1 Å². The molecule has 188 valence electrons. The molecule has 0 radical (unpaired) electrons. The molecular formula is C26H30O9. The molecule has 2 spiro atoms. The summed E-state index contributed by atoms with van der Waals surface area (Å²) in [6.07, 6.45) is -0.673. The van der Waals surface area contributed by atoms with Crippen LogP contribution in [-0.2, 0) is 33.3 Å². The van der Waals surface area contributed by atoms with Crippen LogP contribution in [0.25, 0.3) is 0 Å². The van der Waals surface area contributed by atoms with Gasteiger partial charge in [0.1, 0.15) is 24.1 Å². The lowest BCUT2D eigenvalue weighted by molar-refractivity contribution is -0.253. The average Bonchev–Trinajstić information content (AvgIpc) is 3.26. The lowest BCUT2D eigenvalue weighted by Crippen LogP contribution is -2.76. The highest BCUT2D eigenvalue weighted by Gasteiger charge is 2.90. The van der Waals surface area contributed by atoms with Crippen LogP contribution in [-0.4, -0.2) is 58.9 Å². The largest absolute Gasteiger partial charge is 0.465 e. The summed E-state index contributed by atoms with van der Waals surface area (Å²) < 4.78 is 29.9. The van der Waals surface area contributed by atoms with Crippen molar-refractivity contribution in [2.45, 2.75) is 82.6 Å². The molecule has 4 aliphatic heterocycles. The van der Waals surface area contributed by atoms with E-state index in [0.717, 1.165) is 0 Å². The molecule has 35 heavy (non-hydrogen) atoms. The van der Waals surface area contributed by atoms with Gasteiger partial charge in [0.2, 0.25) is 0 Å². The summed E-state index contributed by atoms with van der Waals surface area (Å²) >= 11 is 0. The molecule has 10 atom stereocenters. The third-order valence-corrected chi connectivity index (χ3v) is 10.7. The first-order chi connectivity index (χ1) is 16.4. The summed E-state index contributed by atoms with van der Waals surface area (Å²) in [5.41, 5.74) is -4.69. The lowest BCUT2D eigenvalue weighted by Gasteiger charge is -2.66. The van der Waals surface area contributed by atoms with E-state index in [1.165, 1.54) is 6.26 Å². The second kappa shape index (κ2) is 6.18. The highest BCUT2D eigenvalue weighted by atomic mass is 16.7. The zero-order valence-electron chi connectivity index (χ0n) is 20.2. The molecule has 0 aromatic carbocycles. The van der Waals surface area contributed by atoms with E-state index in [0.29, 0.717) is 18.6 Å². The van der Waals surface area contributed by atoms with Crippen molar-refractivity contribution in [2.75, 3.05) is 6.61 Å². The summed E-state index contributed by atoms with van der Waals surface area (Å²) in [5, 5.41) is 11.8. The van der Waals surface area contributed by atoms with Crippen molar-refractivity contribution in [3.8, 4) is 0 Å². The van der Waals surface area contributed by atoms with Crippen molar-refractivity contribution < 1.29 is 42.9 Å². The van der Waals surface area contributed by atoms with Gasteiger partial charge in [-0.15, -0.1) is 0 Å². The third-order valence-electron chi connectivity index (χ3n) is 10.7. The van der Waals surface area contributed by atoms with E-state index in [1.54, 1.807) is 12.1 Å². The number of Topliss-reactive ketones (excluding diaryl/α,β-unsaturated/α-hetero) is 1. The molecule has 2 aliphatic carbocycles. The number of fused-ring (bicyclic) bond motifs is 1. The highest BCUT2D eigenvalue weighted by Crippen LogP contribution is 2.80. The molecule has 1 aromatic rings. The number of esters is 2. The second-order valence-electron chi connectivity index (χ2n) is 12.3. The Morgan fingerprint density at radius 3 is 2.54 bits per heavy atom. The Morgan fingerprint density at radius 1 is 1.06 bits per heavy atom. The van der Waals surface area contributed by atoms with Gasteiger partial charge in [-0.1, -0.05) is 13.8 Å². The van der Waals surface area contributed by atoms with E-state index in [9.17, 15) is 19.5 Å². The predicted octanol–water partition coefficient (Wildman–Crippen LogP) is 2.11. The number of hydrogen-bond acceptors (Lipinski definition) is 9. The summed E-state index contributed by atoms with van der Waals surface area (Å²) in [7, 11) is 0. The van der Waals surface area contributed by atoms with Gasteiger partial charge in [0.15, 0.2) is 18.0 Å². The van der Waals surface area contributed by atoms with Crippen LogP contribution < -0.4 is 0 Å². The Balaban J connectivity index is 1.43. The number of rotatable bonds is 1. The number of aliphatic hydroxyl groups excluding tert-OH is 1. The SMILES string of the molecule is CC1(C)O[C@H]2CC(=O)OC[C@@]23C1C(=O)[C@H](O)[C@]1(C)C3CC[C@@]2(C)[C@H](c3ccco3)OC(=O)[C@H]3O[C@]321. The molecule has 9 nitrogen and oxygen atoms in total. The molecule has 6 fully saturated rings. The molecule has 0 amide bonds. The van der Waals surface area contributed by atoms with Gasteiger partial charge in [-0.3, -0.25) is 9.59 Å². The van der Waals surface area contributed by atoms with Crippen molar-refractivity contribution in [2.24, 2.45) is 28.1 Å². The van der Waals surface area contributed by atoms with Gasteiger partial charge in [0.05, 0.1) is 30.3 Å². The van der Waals surface area contributed by atoms with Gasteiger partial charge in [-0.2, -0.15) is 0 Å². The summed E-state index contributed by atoms with van der Waals surface area (Å²) in [6.45, 7) is 7.62. The predicted molar refractivity (Wildman–Crippen MR) is 116 cm³/mol. The van der Waals surface area contributed by atoms with E-state index in [1.807, 2.05) is 27.7 Å². The number of furan rings is 1. The molecule has 5 heterocycles. The van der Waals surface area contributed by atoms with Crippen molar-refractivity contribution in [1.82, 2.24) is 0 Å². The molecule has 6 aliphatic rings. The Bertz CT molecular complexity index is 1160. The van der Waals surface area contributed by atoms with Crippen LogP contribution >= 0.6 is 0 Å². The maximum atomic E-state index is 14.1. The molecule has 2 saturated carbocycles. The molecule has 4 saturated heterocycles. The van der Waals surface area contributed by atoms with Crippen molar-refractivity contribution in [3.05, 3.63) is 24.2 Å². The second-order valence-corrected chi connectivity index (χ2v) is 12.3. The van der Waals surface area contributed by atoms with Gasteiger partial charge >= 0.3 is 11.9 Å². The smallest absolute Gasteiger partial charge is 0.339 e. The van der Waals surface area contributed by atoms with Crippen LogP contribution in [0.4, 0.5) is 0 Å². The molecule has 2 unspecified atom stereocenters. The molecule has 9 heteroatoms. The topological polar surface area (TPSA) is 125 Å². The first-order valence-corrected chi connectivity index (χ1v) is 12.4. The Morgan fingerprint density at radius 2 is 1.83 bits per heavy atom. The molecule has 0 bridgehead atoms. The number of ether oxygens (including phenoxy) is 4.